The number of nitro groups is 1. The predicted octanol–water partition coefficient (Wildman–Crippen LogP) is 4.36. The molecule has 0 fully saturated rings. The van der Waals surface area contributed by atoms with Gasteiger partial charge in [-0.25, -0.2) is 4.98 Å². The van der Waals surface area contributed by atoms with Crippen LogP contribution in [-0.4, -0.2) is 21.2 Å². The van der Waals surface area contributed by atoms with Gasteiger partial charge in [0.05, 0.1) is 16.8 Å². The van der Waals surface area contributed by atoms with Crippen molar-refractivity contribution in [3.05, 3.63) is 69.4 Å². The molecule has 0 unspecified atom stereocenters. The minimum absolute atomic E-state index is 0.0733. The number of halogens is 1. The van der Waals surface area contributed by atoms with Crippen LogP contribution in [0.4, 0.5) is 11.4 Å². The van der Waals surface area contributed by atoms with E-state index in [0.29, 0.717) is 16.3 Å². The number of aromatic nitrogens is 1. The smallest absolute Gasteiger partial charge is 0.312 e. The molecular formula is C16H10ClN3O4. The van der Waals surface area contributed by atoms with Gasteiger partial charge in [0.1, 0.15) is 0 Å². The van der Waals surface area contributed by atoms with Gasteiger partial charge < -0.3 is 9.52 Å². The summed E-state index contributed by atoms with van der Waals surface area (Å²) >= 11 is 5.82. The lowest BCUT2D eigenvalue weighted by molar-refractivity contribution is -0.384. The minimum Gasteiger partial charge on any atom is -0.479 e. The Morgan fingerprint density at radius 1 is 1.25 bits per heavy atom. The lowest BCUT2D eigenvalue weighted by Gasteiger charge is -1.94. The van der Waals surface area contributed by atoms with Gasteiger partial charge in [-0.05, 0) is 30.3 Å². The third-order valence-corrected chi connectivity index (χ3v) is 3.35. The Labute approximate surface area is 141 Å². The predicted molar refractivity (Wildman–Crippen MR) is 89.0 cm³/mol. The average Bonchev–Trinajstić information content (AvgIpc) is 2.95. The van der Waals surface area contributed by atoms with Crippen molar-refractivity contribution in [3.63, 3.8) is 0 Å². The van der Waals surface area contributed by atoms with E-state index >= 15 is 0 Å². The van der Waals surface area contributed by atoms with Gasteiger partial charge in [-0.1, -0.05) is 17.7 Å². The number of non-ortho nitro benzene ring substituents is 1. The van der Waals surface area contributed by atoms with Gasteiger partial charge >= 0.3 is 5.95 Å². The Bertz CT molecular complexity index is 919. The highest BCUT2D eigenvalue weighted by Gasteiger charge is 2.12. The third-order valence-electron chi connectivity index (χ3n) is 3.10. The van der Waals surface area contributed by atoms with Gasteiger partial charge in [0, 0.05) is 22.7 Å². The average molecular weight is 344 g/mol. The maximum atomic E-state index is 10.7. The van der Waals surface area contributed by atoms with Crippen LogP contribution in [0.2, 0.25) is 5.02 Å². The molecular weight excluding hydrogens is 334 g/mol. The molecule has 0 saturated carbocycles. The van der Waals surface area contributed by atoms with Gasteiger partial charge in [0.15, 0.2) is 5.69 Å². The third kappa shape index (κ3) is 3.41. The highest BCUT2D eigenvalue weighted by molar-refractivity contribution is 6.30. The molecule has 1 N–H and O–H groups in total. The van der Waals surface area contributed by atoms with E-state index in [1.54, 1.807) is 30.3 Å². The molecule has 2 aromatic carbocycles. The van der Waals surface area contributed by atoms with Crippen LogP contribution in [0.25, 0.3) is 11.5 Å². The van der Waals surface area contributed by atoms with E-state index in [4.69, 9.17) is 16.0 Å². The number of benzene rings is 2. The van der Waals surface area contributed by atoms with E-state index in [-0.39, 0.29) is 17.3 Å². The second-order valence-corrected chi connectivity index (χ2v) is 5.19. The summed E-state index contributed by atoms with van der Waals surface area (Å²) in [7, 11) is 0. The largest absolute Gasteiger partial charge is 0.479 e. The molecule has 8 heteroatoms. The summed E-state index contributed by atoms with van der Waals surface area (Å²) < 4.78 is 5.19. The first-order valence-corrected chi connectivity index (χ1v) is 7.15. The molecule has 3 aromatic rings. The topological polar surface area (TPSA) is 102 Å². The fraction of sp³-hybridized carbons (Fsp3) is 0. The van der Waals surface area contributed by atoms with E-state index in [1.165, 1.54) is 24.4 Å². The first-order chi connectivity index (χ1) is 11.5. The van der Waals surface area contributed by atoms with Crippen LogP contribution in [0.5, 0.6) is 5.95 Å². The summed E-state index contributed by atoms with van der Waals surface area (Å²) in [6, 6.07) is 12.6. The summed E-state index contributed by atoms with van der Waals surface area (Å²) in [5, 5.41) is 21.1. The minimum atomic E-state index is -0.509. The van der Waals surface area contributed by atoms with Gasteiger partial charge in [-0.3, -0.25) is 15.1 Å². The fourth-order valence-corrected chi connectivity index (χ4v) is 2.07. The van der Waals surface area contributed by atoms with E-state index in [0.717, 1.165) is 0 Å². The molecule has 0 atom stereocenters. The standard InChI is InChI=1S/C16H10ClN3O4/c17-11-6-4-10(5-7-11)15-19-14(16(21)24-15)9-18-12-2-1-3-13(8-12)20(22)23/h1-9,21H. The summed E-state index contributed by atoms with van der Waals surface area (Å²) in [6.07, 6.45) is 1.28. The number of hydrogen-bond donors (Lipinski definition) is 1. The van der Waals surface area contributed by atoms with Crippen LogP contribution in [0.15, 0.2) is 57.9 Å². The Morgan fingerprint density at radius 2 is 2.00 bits per heavy atom. The zero-order valence-electron chi connectivity index (χ0n) is 12.1. The van der Waals surface area contributed by atoms with Crippen LogP contribution in [0.1, 0.15) is 5.69 Å². The Balaban J connectivity index is 1.87. The molecule has 0 bridgehead atoms. The van der Waals surface area contributed by atoms with Crippen molar-refractivity contribution in [2.24, 2.45) is 4.99 Å². The second-order valence-electron chi connectivity index (χ2n) is 4.75. The monoisotopic (exact) mass is 343 g/mol. The van der Waals surface area contributed by atoms with Gasteiger partial charge in [-0.2, -0.15) is 0 Å². The van der Waals surface area contributed by atoms with Crippen LogP contribution in [-0.2, 0) is 0 Å². The van der Waals surface area contributed by atoms with Crippen molar-refractivity contribution in [2.75, 3.05) is 0 Å². The Kier molecular flexibility index (Phi) is 4.26. The molecule has 0 amide bonds. The quantitative estimate of drug-likeness (QED) is 0.430. The van der Waals surface area contributed by atoms with E-state index in [2.05, 4.69) is 9.98 Å². The van der Waals surface area contributed by atoms with E-state index in [9.17, 15) is 15.2 Å². The fourth-order valence-electron chi connectivity index (χ4n) is 1.95. The summed E-state index contributed by atoms with van der Waals surface area (Å²) in [5.41, 5.74) is 1.05. The first kappa shape index (κ1) is 15.7. The van der Waals surface area contributed by atoms with Gasteiger partial charge in [0.25, 0.3) is 5.69 Å². The Morgan fingerprint density at radius 3 is 2.71 bits per heavy atom. The molecule has 0 aliphatic heterocycles. The first-order valence-electron chi connectivity index (χ1n) is 6.77. The van der Waals surface area contributed by atoms with Crippen LogP contribution in [0, 0.1) is 10.1 Å². The van der Waals surface area contributed by atoms with Crippen molar-refractivity contribution in [3.8, 4) is 17.4 Å². The maximum Gasteiger partial charge on any atom is 0.312 e. The molecule has 0 saturated heterocycles. The number of nitrogens with zero attached hydrogens (tertiary/aromatic N) is 3. The van der Waals surface area contributed by atoms with Crippen LogP contribution in [0.3, 0.4) is 0 Å². The number of oxazole rings is 1. The normalized spacial score (nSPS) is 11.0. The number of aromatic hydroxyl groups is 1. The lowest BCUT2D eigenvalue weighted by Crippen LogP contribution is -1.86. The molecule has 120 valence electrons. The summed E-state index contributed by atoms with van der Waals surface area (Å²) in [6.45, 7) is 0. The molecule has 0 spiro atoms. The number of nitro benzene ring substituents is 1. The van der Waals surface area contributed by atoms with Crippen molar-refractivity contribution >= 4 is 29.2 Å². The van der Waals surface area contributed by atoms with E-state index in [1.807, 2.05) is 0 Å². The van der Waals surface area contributed by atoms with Crippen LogP contribution < -0.4 is 0 Å². The summed E-state index contributed by atoms with van der Waals surface area (Å²) in [4.78, 5) is 18.4. The molecule has 24 heavy (non-hydrogen) atoms. The highest BCUT2D eigenvalue weighted by atomic mass is 35.5. The maximum absolute atomic E-state index is 10.7. The molecule has 0 aliphatic rings. The highest BCUT2D eigenvalue weighted by Crippen LogP contribution is 2.27. The summed E-state index contributed by atoms with van der Waals surface area (Å²) in [5.74, 6) is -0.182. The molecule has 7 nitrogen and oxygen atoms in total. The van der Waals surface area contributed by atoms with Crippen molar-refractivity contribution in [1.29, 1.82) is 0 Å². The van der Waals surface area contributed by atoms with Crippen molar-refractivity contribution < 1.29 is 14.4 Å². The molecule has 1 aromatic heterocycles. The number of rotatable bonds is 4. The van der Waals surface area contributed by atoms with E-state index < -0.39 is 10.9 Å². The zero-order valence-corrected chi connectivity index (χ0v) is 12.8. The number of aliphatic imine (C=N–C) groups is 1. The van der Waals surface area contributed by atoms with Gasteiger partial charge in [0.2, 0.25) is 5.89 Å². The van der Waals surface area contributed by atoms with Crippen molar-refractivity contribution in [1.82, 2.24) is 4.98 Å². The zero-order chi connectivity index (χ0) is 17.1. The Hall–Kier alpha value is -3.19. The SMILES string of the molecule is O=[N+]([O-])c1cccc(N=Cc2nc(-c3ccc(Cl)cc3)oc2O)c1. The lowest BCUT2D eigenvalue weighted by atomic mass is 10.2. The second kappa shape index (κ2) is 6.51. The molecule has 1 heterocycles. The van der Waals surface area contributed by atoms with Crippen LogP contribution >= 0.6 is 11.6 Å². The van der Waals surface area contributed by atoms with Crippen molar-refractivity contribution in [2.45, 2.75) is 0 Å². The number of hydrogen-bond acceptors (Lipinski definition) is 6. The molecule has 0 aliphatic carbocycles. The molecule has 3 rings (SSSR count). The molecule has 0 radical (unpaired) electrons. The van der Waals surface area contributed by atoms with Gasteiger partial charge in [-0.15, -0.1) is 0 Å².